The molecular formula is C13H20N2O4S. The highest BCUT2D eigenvalue weighted by Gasteiger charge is 2.19. The minimum atomic E-state index is -3.77. The highest BCUT2D eigenvalue weighted by Crippen LogP contribution is 2.30. The van der Waals surface area contributed by atoms with Crippen LogP contribution in [0.15, 0.2) is 11.0 Å². The standard InChI is InChI=1S/C13H20N2O4S/c1-8-6-11(20(14,17)18)9(2)10(3)13(8)19-7-12(16)15(4)5/h6H,7H2,1-5H3,(H2,14,17,18). The predicted octanol–water partition coefficient (Wildman–Crippen LogP) is 0.726. The van der Waals surface area contributed by atoms with Crippen LogP contribution in [-0.4, -0.2) is 39.9 Å². The summed E-state index contributed by atoms with van der Waals surface area (Å²) in [5, 5.41) is 5.18. The third-order valence-corrected chi connectivity index (χ3v) is 4.16. The van der Waals surface area contributed by atoms with Gasteiger partial charge in [-0.25, -0.2) is 13.6 Å². The maximum Gasteiger partial charge on any atom is 0.259 e. The van der Waals surface area contributed by atoms with E-state index in [0.29, 0.717) is 22.4 Å². The van der Waals surface area contributed by atoms with Crippen molar-refractivity contribution < 1.29 is 17.9 Å². The van der Waals surface area contributed by atoms with Crippen LogP contribution in [-0.2, 0) is 14.8 Å². The molecule has 0 spiro atoms. The van der Waals surface area contributed by atoms with E-state index in [4.69, 9.17) is 9.88 Å². The Bertz CT molecular complexity index is 636. The molecular weight excluding hydrogens is 280 g/mol. The fourth-order valence-electron chi connectivity index (χ4n) is 1.80. The molecule has 0 atom stereocenters. The van der Waals surface area contributed by atoms with Crippen LogP contribution >= 0.6 is 0 Å². The minimum Gasteiger partial charge on any atom is -0.483 e. The van der Waals surface area contributed by atoms with Gasteiger partial charge in [0.05, 0.1) is 4.90 Å². The van der Waals surface area contributed by atoms with E-state index >= 15 is 0 Å². The van der Waals surface area contributed by atoms with E-state index in [0.717, 1.165) is 0 Å². The van der Waals surface area contributed by atoms with Crippen molar-refractivity contribution in [3.63, 3.8) is 0 Å². The van der Waals surface area contributed by atoms with Gasteiger partial charge in [0.2, 0.25) is 10.0 Å². The van der Waals surface area contributed by atoms with E-state index in [9.17, 15) is 13.2 Å². The van der Waals surface area contributed by atoms with Crippen LogP contribution in [0.2, 0.25) is 0 Å². The third-order valence-electron chi connectivity index (χ3n) is 3.12. The van der Waals surface area contributed by atoms with Gasteiger partial charge in [-0.3, -0.25) is 4.79 Å². The van der Waals surface area contributed by atoms with Crippen molar-refractivity contribution in [1.82, 2.24) is 4.90 Å². The summed E-state index contributed by atoms with van der Waals surface area (Å²) in [6.45, 7) is 5.03. The van der Waals surface area contributed by atoms with Crippen LogP contribution in [0.3, 0.4) is 0 Å². The molecule has 20 heavy (non-hydrogen) atoms. The van der Waals surface area contributed by atoms with Gasteiger partial charge in [-0.2, -0.15) is 0 Å². The molecule has 1 rings (SSSR count). The minimum absolute atomic E-state index is 0.0822. The Hall–Kier alpha value is -1.60. The van der Waals surface area contributed by atoms with E-state index in [1.807, 2.05) is 0 Å². The van der Waals surface area contributed by atoms with Crippen molar-refractivity contribution in [2.24, 2.45) is 5.14 Å². The molecule has 0 saturated heterocycles. The Morgan fingerprint density at radius 3 is 2.25 bits per heavy atom. The number of aryl methyl sites for hydroxylation is 1. The number of primary sulfonamides is 1. The zero-order chi connectivity index (χ0) is 15.7. The zero-order valence-electron chi connectivity index (χ0n) is 12.4. The number of hydrogen-bond acceptors (Lipinski definition) is 4. The second kappa shape index (κ2) is 5.80. The molecule has 0 aromatic heterocycles. The normalized spacial score (nSPS) is 11.3. The second-order valence-electron chi connectivity index (χ2n) is 4.89. The first-order chi connectivity index (χ1) is 9.05. The molecule has 1 aromatic rings. The second-order valence-corrected chi connectivity index (χ2v) is 6.42. The van der Waals surface area contributed by atoms with Crippen molar-refractivity contribution in [3.8, 4) is 5.75 Å². The van der Waals surface area contributed by atoms with Crippen molar-refractivity contribution in [2.75, 3.05) is 20.7 Å². The molecule has 0 aliphatic carbocycles. The Morgan fingerprint density at radius 1 is 1.25 bits per heavy atom. The smallest absolute Gasteiger partial charge is 0.259 e. The quantitative estimate of drug-likeness (QED) is 0.887. The van der Waals surface area contributed by atoms with Crippen LogP contribution < -0.4 is 9.88 Å². The van der Waals surface area contributed by atoms with Crippen molar-refractivity contribution >= 4 is 15.9 Å². The number of carbonyl (C=O) groups excluding carboxylic acids is 1. The number of likely N-dealkylation sites (N-methyl/N-ethyl adjacent to an activating group) is 1. The fraction of sp³-hybridized carbons (Fsp3) is 0.462. The summed E-state index contributed by atoms with van der Waals surface area (Å²) in [4.78, 5) is 13.0. The molecule has 0 radical (unpaired) electrons. The lowest BCUT2D eigenvalue weighted by Gasteiger charge is -2.17. The Morgan fingerprint density at radius 2 is 1.80 bits per heavy atom. The summed E-state index contributed by atoms with van der Waals surface area (Å²) < 4.78 is 28.5. The number of hydrogen-bond donors (Lipinski definition) is 1. The van der Waals surface area contributed by atoms with Crippen molar-refractivity contribution in [1.29, 1.82) is 0 Å². The van der Waals surface area contributed by atoms with Crippen LogP contribution in [0.1, 0.15) is 16.7 Å². The number of benzene rings is 1. The molecule has 0 aliphatic rings. The molecule has 0 aliphatic heterocycles. The van der Waals surface area contributed by atoms with E-state index in [-0.39, 0.29) is 17.4 Å². The van der Waals surface area contributed by atoms with E-state index < -0.39 is 10.0 Å². The van der Waals surface area contributed by atoms with Gasteiger partial charge in [-0.1, -0.05) is 0 Å². The number of ether oxygens (including phenoxy) is 1. The average Bonchev–Trinajstić information content (AvgIpc) is 2.31. The summed E-state index contributed by atoms with van der Waals surface area (Å²) >= 11 is 0. The van der Waals surface area contributed by atoms with Gasteiger partial charge in [0.15, 0.2) is 6.61 Å². The topological polar surface area (TPSA) is 89.7 Å². The summed E-state index contributed by atoms with van der Waals surface area (Å²) in [7, 11) is -0.491. The highest BCUT2D eigenvalue weighted by molar-refractivity contribution is 7.89. The lowest BCUT2D eigenvalue weighted by Crippen LogP contribution is -2.28. The van der Waals surface area contributed by atoms with Crippen molar-refractivity contribution in [2.45, 2.75) is 25.7 Å². The molecule has 0 bridgehead atoms. The van der Waals surface area contributed by atoms with Gasteiger partial charge < -0.3 is 9.64 Å². The van der Waals surface area contributed by atoms with Gasteiger partial charge in [0.1, 0.15) is 5.75 Å². The molecule has 0 saturated carbocycles. The molecule has 0 heterocycles. The number of nitrogens with zero attached hydrogens (tertiary/aromatic N) is 1. The van der Waals surface area contributed by atoms with Gasteiger partial charge in [-0.15, -0.1) is 0 Å². The molecule has 0 fully saturated rings. The lowest BCUT2D eigenvalue weighted by molar-refractivity contribution is -0.130. The maximum absolute atomic E-state index is 11.5. The molecule has 6 nitrogen and oxygen atoms in total. The molecule has 2 N–H and O–H groups in total. The van der Waals surface area contributed by atoms with Gasteiger partial charge >= 0.3 is 0 Å². The van der Waals surface area contributed by atoms with Crippen molar-refractivity contribution in [3.05, 3.63) is 22.8 Å². The first-order valence-corrected chi connectivity index (χ1v) is 7.57. The van der Waals surface area contributed by atoms with Crippen LogP contribution in [0.25, 0.3) is 0 Å². The average molecular weight is 300 g/mol. The Balaban J connectivity index is 3.19. The third kappa shape index (κ3) is 3.49. The Labute approximate surface area is 119 Å². The highest BCUT2D eigenvalue weighted by atomic mass is 32.2. The zero-order valence-corrected chi connectivity index (χ0v) is 13.2. The number of rotatable bonds is 4. The summed E-state index contributed by atoms with van der Waals surface area (Å²) in [5.41, 5.74) is 1.83. The van der Waals surface area contributed by atoms with E-state index in [1.165, 1.54) is 11.0 Å². The maximum atomic E-state index is 11.5. The van der Waals surface area contributed by atoms with Gasteiger partial charge in [0, 0.05) is 14.1 Å². The van der Waals surface area contributed by atoms with Crippen LogP contribution in [0, 0.1) is 20.8 Å². The number of sulfonamides is 1. The molecule has 1 aromatic carbocycles. The van der Waals surface area contributed by atoms with Crippen LogP contribution in [0.4, 0.5) is 0 Å². The molecule has 0 unspecified atom stereocenters. The summed E-state index contributed by atoms with van der Waals surface area (Å²) in [6.07, 6.45) is 0. The molecule has 7 heteroatoms. The number of carbonyl (C=O) groups is 1. The predicted molar refractivity (Wildman–Crippen MR) is 76.2 cm³/mol. The SMILES string of the molecule is Cc1cc(S(N)(=O)=O)c(C)c(C)c1OCC(=O)N(C)C. The number of amides is 1. The first-order valence-electron chi connectivity index (χ1n) is 6.02. The molecule has 1 amide bonds. The monoisotopic (exact) mass is 300 g/mol. The Kier molecular flexibility index (Phi) is 4.77. The first kappa shape index (κ1) is 16.5. The number of nitrogens with two attached hydrogens (primary N) is 1. The lowest BCUT2D eigenvalue weighted by atomic mass is 10.1. The van der Waals surface area contributed by atoms with Gasteiger partial charge in [0.25, 0.3) is 5.91 Å². The fourth-order valence-corrected chi connectivity index (χ4v) is 2.72. The van der Waals surface area contributed by atoms with Crippen LogP contribution in [0.5, 0.6) is 5.75 Å². The largest absolute Gasteiger partial charge is 0.483 e. The summed E-state index contributed by atoms with van der Waals surface area (Å²) in [6, 6.07) is 1.47. The van der Waals surface area contributed by atoms with E-state index in [1.54, 1.807) is 34.9 Å². The summed E-state index contributed by atoms with van der Waals surface area (Å²) in [5.74, 6) is 0.349. The van der Waals surface area contributed by atoms with E-state index in [2.05, 4.69) is 0 Å². The molecule has 112 valence electrons. The van der Waals surface area contributed by atoms with Gasteiger partial charge in [-0.05, 0) is 43.5 Å².